The fourth-order valence-corrected chi connectivity index (χ4v) is 3.97. The van der Waals surface area contributed by atoms with E-state index in [1.165, 1.54) is 11.3 Å². The minimum atomic E-state index is -0.547. The van der Waals surface area contributed by atoms with E-state index in [9.17, 15) is 9.59 Å². The lowest BCUT2D eigenvalue weighted by molar-refractivity contribution is 0.0710. The summed E-state index contributed by atoms with van der Waals surface area (Å²) in [4.78, 5) is 30.8. The summed E-state index contributed by atoms with van der Waals surface area (Å²) in [5.41, 5.74) is 6.34. The molecule has 0 unspecified atom stereocenters. The molecule has 7 nitrogen and oxygen atoms in total. The fourth-order valence-electron chi connectivity index (χ4n) is 2.98. The zero-order valence-corrected chi connectivity index (χ0v) is 14.4. The number of primary amides is 1. The summed E-state index contributed by atoms with van der Waals surface area (Å²) in [5, 5.41) is 7.82. The number of hydrogen-bond donors (Lipinski definition) is 2. The lowest BCUT2D eigenvalue weighted by atomic mass is 9.94. The number of nitrogens with two attached hydrogens (primary N) is 1. The molecule has 0 aliphatic carbocycles. The molecule has 0 saturated carbocycles. The number of rotatable bonds is 5. The molecule has 1 aliphatic heterocycles. The Kier molecular flexibility index (Phi) is 4.94. The Morgan fingerprint density at radius 2 is 2.33 bits per heavy atom. The number of piperidine rings is 1. The first kappa shape index (κ1) is 16.6. The number of carbonyl (C=O) groups excluding carboxylic acids is 2. The molecule has 128 valence electrons. The van der Waals surface area contributed by atoms with E-state index >= 15 is 0 Å². The SMILES string of the molecule is CCCc1ncc(C(=O)N2CCC[C@@H](c3cc(C(N)=O)n[nH]3)C2)s1. The topological polar surface area (TPSA) is 105 Å². The first-order valence-electron chi connectivity index (χ1n) is 8.17. The van der Waals surface area contributed by atoms with Crippen LogP contribution in [0.15, 0.2) is 12.3 Å². The van der Waals surface area contributed by atoms with Crippen LogP contribution in [0.25, 0.3) is 0 Å². The second-order valence-corrected chi connectivity index (χ2v) is 7.15. The van der Waals surface area contributed by atoms with Gasteiger partial charge in [-0.15, -0.1) is 11.3 Å². The van der Waals surface area contributed by atoms with Crippen molar-refractivity contribution in [3.63, 3.8) is 0 Å². The van der Waals surface area contributed by atoms with Gasteiger partial charge in [-0.25, -0.2) is 4.98 Å². The summed E-state index contributed by atoms with van der Waals surface area (Å²) in [5.74, 6) is -0.366. The molecule has 2 aromatic heterocycles. The molecule has 1 atom stereocenters. The maximum absolute atomic E-state index is 12.7. The smallest absolute Gasteiger partial charge is 0.269 e. The zero-order valence-electron chi connectivity index (χ0n) is 13.6. The molecule has 1 aliphatic rings. The Hall–Kier alpha value is -2.22. The molecule has 1 saturated heterocycles. The predicted molar refractivity (Wildman–Crippen MR) is 91.1 cm³/mol. The maximum atomic E-state index is 12.7. The number of aromatic amines is 1. The molecular weight excluding hydrogens is 326 g/mol. The van der Waals surface area contributed by atoms with E-state index in [0.29, 0.717) is 11.4 Å². The van der Waals surface area contributed by atoms with Gasteiger partial charge in [-0.2, -0.15) is 5.10 Å². The van der Waals surface area contributed by atoms with Crippen LogP contribution < -0.4 is 5.73 Å². The van der Waals surface area contributed by atoms with E-state index in [-0.39, 0.29) is 17.5 Å². The van der Waals surface area contributed by atoms with Gasteiger partial charge in [-0.3, -0.25) is 14.7 Å². The molecule has 3 heterocycles. The third-order valence-electron chi connectivity index (χ3n) is 4.23. The van der Waals surface area contributed by atoms with E-state index in [1.54, 1.807) is 12.3 Å². The number of amides is 2. The minimum Gasteiger partial charge on any atom is -0.364 e. The maximum Gasteiger partial charge on any atom is 0.269 e. The van der Waals surface area contributed by atoms with Gasteiger partial charge in [0.05, 0.1) is 11.2 Å². The monoisotopic (exact) mass is 347 g/mol. The first-order chi connectivity index (χ1) is 11.6. The Labute approximate surface area is 144 Å². The van der Waals surface area contributed by atoms with Crippen molar-refractivity contribution in [1.29, 1.82) is 0 Å². The Balaban J connectivity index is 1.69. The minimum absolute atomic E-state index is 0.0363. The van der Waals surface area contributed by atoms with E-state index in [2.05, 4.69) is 22.1 Å². The van der Waals surface area contributed by atoms with Gasteiger partial charge in [-0.1, -0.05) is 6.92 Å². The van der Waals surface area contributed by atoms with Crippen molar-refractivity contribution in [2.45, 2.75) is 38.5 Å². The van der Waals surface area contributed by atoms with Gasteiger partial charge < -0.3 is 10.6 Å². The molecule has 2 aromatic rings. The predicted octanol–water partition coefficient (Wildman–Crippen LogP) is 1.94. The summed E-state index contributed by atoms with van der Waals surface area (Å²) in [6.45, 7) is 3.45. The Morgan fingerprint density at radius 1 is 1.50 bits per heavy atom. The summed E-state index contributed by atoms with van der Waals surface area (Å²) < 4.78 is 0. The van der Waals surface area contributed by atoms with Crippen molar-refractivity contribution in [1.82, 2.24) is 20.1 Å². The van der Waals surface area contributed by atoms with Gasteiger partial charge in [-0.05, 0) is 31.7 Å². The molecule has 3 rings (SSSR count). The molecule has 0 radical (unpaired) electrons. The number of hydrogen-bond acceptors (Lipinski definition) is 5. The Bertz CT molecular complexity index is 738. The van der Waals surface area contributed by atoms with Crippen molar-refractivity contribution < 1.29 is 9.59 Å². The lowest BCUT2D eigenvalue weighted by Gasteiger charge is -2.31. The van der Waals surface area contributed by atoms with Gasteiger partial charge in [0, 0.05) is 24.7 Å². The quantitative estimate of drug-likeness (QED) is 0.862. The number of H-pyrrole nitrogens is 1. The number of likely N-dealkylation sites (tertiary alicyclic amines) is 1. The lowest BCUT2D eigenvalue weighted by Crippen LogP contribution is -2.38. The highest BCUT2D eigenvalue weighted by Gasteiger charge is 2.28. The average Bonchev–Trinajstić information content (AvgIpc) is 3.24. The molecule has 1 fully saturated rings. The van der Waals surface area contributed by atoms with E-state index in [1.807, 2.05) is 4.90 Å². The number of carbonyl (C=O) groups is 2. The fraction of sp³-hybridized carbons (Fsp3) is 0.500. The standard InChI is InChI=1S/C16H21N5O2S/c1-2-4-14-18-8-13(24-14)16(23)21-6-3-5-10(9-21)11-7-12(15(17)22)20-19-11/h7-8,10H,2-6,9H2,1H3,(H2,17,22)(H,19,20)/t10-/m1/s1. The summed E-state index contributed by atoms with van der Waals surface area (Å²) in [6.07, 6.45) is 5.48. The highest BCUT2D eigenvalue weighted by Crippen LogP contribution is 2.28. The van der Waals surface area contributed by atoms with Gasteiger partial charge in [0.15, 0.2) is 0 Å². The number of aromatic nitrogens is 3. The van der Waals surface area contributed by atoms with Crippen molar-refractivity contribution in [2.75, 3.05) is 13.1 Å². The second kappa shape index (κ2) is 7.12. The number of aryl methyl sites for hydroxylation is 1. The molecule has 2 amide bonds. The highest BCUT2D eigenvalue weighted by molar-refractivity contribution is 7.13. The van der Waals surface area contributed by atoms with Crippen molar-refractivity contribution in [2.24, 2.45) is 5.73 Å². The average molecular weight is 347 g/mol. The van der Waals surface area contributed by atoms with Crippen molar-refractivity contribution in [3.05, 3.63) is 33.5 Å². The van der Waals surface area contributed by atoms with Crippen LogP contribution in [0.4, 0.5) is 0 Å². The third kappa shape index (κ3) is 3.48. The van der Waals surface area contributed by atoms with E-state index in [4.69, 9.17) is 5.73 Å². The van der Waals surface area contributed by atoms with Crippen LogP contribution in [0.1, 0.15) is 63.0 Å². The van der Waals surface area contributed by atoms with Crippen molar-refractivity contribution >= 4 is 23.2 Å². The number of nitrogens with zero attached hydrogens (tertiary/aromatic N) is 3. The largest absolute Gasteiger partial charge is 0.364 e. The van der Waals surface area contributed by atoms with Gasteiger partial charge in [0.2, 0.25) is 0 Å². The van der Waals surface area contributed by atoms with E-state index < -0.39 is 5.91 Å². The number of thiazole rings is 1. The molecular formula is C16H21N5O2S. The molecule has 0 aromatic carbocycles. The first-order valence-corrected chi connectivity index (χ1v) is 8.99. The van der Waals surface area contributed by atoms with E-state index in [0.717, 1.165) is 42.9 Å². The van der Waals surface area contributed by atoms with Crippen molar-refractivity contribution in [3.8, 4) is 0 Å². The highest BCUT2D eigenvalue weighted by atomic mass is 32.1. The van der Waals surface area contributed by atoms with Crippen LogP contribution in [-0.4, -0.2) is 45.0 Å². The molecule has 24 heavy (non-hydrogen) atoms. The van der Waals surface area contributed by atoms with Gasteiger partial charge >= 0.3 is 0 Å². The van der Waals surface area contributed by atoms with Gasteiger partial charge in [0.1, 0.15) is 10.6 Å². The molecule has 0 bridgehead atoms. The normalized spacial score (nSPS) is 17.9. The molecule has 0 spiro atoms. The summed E-state index contributed by atoms with van der Waals surface area (Å²) >= 11 is 1.48. The van der Waals surface area contributed by atoms with Crippen LogP contribution in [0, 0.1) is 0 Å². The number of nitrogens with one attached hydrogen (secondary N) is 1. The molecule has 8 heteroatoms. The van der Waals surface area contributed by atoms with Crippen LogP contribution in [0.2, 0.25) is 0 Å². The van der Waals surface area contributed by atoms with Crippen LogP contribution in [0.3, 0.4) is 0 Å². The zero-order chi connectivity index (χ0) is 17.1. The summed E-state index contributed by atoms with van der Waals surface area (Å²) in [7, 11) is 0. The van der Waals surface area contributed by atoms with Crippen LogP contribution in [-0.2, 0) is 6.42 Å². The summed E-state index contributed by atoms with van der Waals surface area (Å²) in [6, 6.07) is 1.69. The van der Waals surface area contributed by atoms with Gasteiger partial charge in [0.25, 0.3) is 11.8 Å². The third-order valence-corrected chi connectivity index (χ3v) is 5.27. The molecule has 3 N–H and O–H groups in total. The second-order valence-electron chi connectivity index (χ2n) is 6.03. The van der Waals surface area contributed by atoms with Crippen LogP contribution >= 0.6 is 11.3 Å². The Morgan fingerprint density at radius 3 is 3.04 bits per heavy atom. The van der Waals surface area contributed by atoms with Crippen LogP contribution in [0.5, 0.6) is 0 Å².